The third-order valence-electron chi connectivity index (χ3n) is 3.02. The van der Waals surface area contributed by atoms with Crippen molar-refractivity contribution < 1.29 is 4.79 Å². The Bertz CT molecular complexity index is 708. The number of nitrogens with one attached hydrogen (secondary N) is 1. The van der Waals surface area contributed by atoms with Gasteiger partial charge in [0.1, 0.15) is 16.6 Å². The van der Waals surface area contributed by atoms with E-state index in [0.29, 0.717) is 22.0 Å². The van der Waals surface area contributed by atoms with E-state index in [2.05, 4.69) is 16.5 Å². The van der Waals surface area contributed by atoms with E-state index in [1.807, 2.05) is 27.1 Å². The smallest absolute Gasteiger partial charge is 0.177 e. The first-order chi connectivity index (χ1) is 9.93. The molecule has 0 amide bonds. The predicted octanol–water partition coefficient (Wildman–Crippen LogP) is 2.39. The number of nitrogens with zero attached hydrogens (tertiary/aromatic N) is 3. The number of aromatic nitrogens is 2. The zero-order valence-corrected chi connectivity index (χ0v) is 13.0. The quantitative estimate of drug-likeness (QED) is 0.827. The minimum atomic E-state index is -0.149. The summed E-state index contributed by atoms with van der Waals surface area (Å²) in [5, 5.41) is 17.1. The second-order valence-corrected chi connectivity index (χ2v) is 6.08. The molecular weight excluding hydrogens is 286 g/mol. The van der Waals surface area contributed by atoms with E-state index >= 15 is 0 Å². The van der Waals surface area contributed by atoms with Gasteiger partial charge in [-0.2, -0.15) is 10.4 Å². The normalized spacial score (nSPS) is 10.6. The van der Waals surface area contributed by atoms with Gasteiger partial charge >= 0.3 is 0 Å². The molecule has 7 heteroatoms. The van der Waals surface area contributed by atoms with Crippen molar-refractivity contribution in [3.63, 3.8) is 0 Å². The van der Waals surface area contributed by atoms with Crippen LogP contribution >= 0.6 is 11.3 Å². The molecule has 0 saturated heterocycles. The Morgan fingerprint density at radius 3 is 2.86 bits per heavy atom. The first kappa shape index (κ1) is 15.1. The molecule has 2 aromatic rings. The van der Waals surface area contributed by atoms with Crippen molar-refractivity contribution in [2.45, 2.75) is 20.4 Å². The van der Waals surface area contributed by atoms with Crippen molar-refractivity contribution >= 4 is 27.8 Å². The maximum absolute atomic E-state index is 12.1. The van der Waals surface area contributed by atoms with Crippen LogP contribution in [0.4, 0.5) is 10.7 Å². The Hall–Kier alpha value is -2.33. The highest BCUT2D eigenvalue weighted by Gasteiger charge is 2.22. The molecule has 2 aromatic heterocycles. The maximum atomic E-state index is 12.1. The number of nitrogens with two attached hydrogens (primary N) is 1. The van der Waals surface area contributed by atoms with Crippen LogP contribution in [-0.4, -0.2) is 15.6 Å². The van der Waals surface area contributed by atoms with Gasteiger partial charge in [0.05, 0.1) is 16.8 Å². The lowest BCUT2D eigenvalue weighted by Crippen LogP contribution is -2.07. The van der Waals surface area contributed by atoms with Crippen LogP contribution < -0.4 is 11.1 Å². The van der Waals surface area contributed by atoms with Gasteiger partial charge in [-0.1, -0.05) is 13.8 Å². The highest BCUT2D eigenvalue weighted by molar-refractivity contribution is 7.19. The molecule has 0 radical (unpaired) electrons. The lowest BCUT2D eigenvalue weighted by atomic mass is 10.1. The molecule has 0 spiro atoms. The Balaban J connectivity index is 2.25. The number of nitriles is 1. The summed E-state index contributed by atoms with van der Waals surface area (Å²) in [6.45, 7) is 4.16. The molecule has 3 N–H and O–H groups in total. The average molecular weight is 303 g/mol. The molecule has 0 aliphatic heterocycles. The van der Waals surface area contributed by atoms with E-state index in [-0.39, 0.29) is 17.4 Å². The van der Waals surface area contributed by atoms with Crippen LogP contribution in [0.3, 0.4) is 0 Å². The van der Waals surface area contributed by atoms with Crippen molar-refractivity contribution in [2.75, 3.05) is 11.1 Å². The van der Waals surface area contributed by atoms with Crippen molar-refractivity contribution in [1.29, 1.82) is 5.26 Å². The molecule has 0 unspecified atom stereocenters. The third kappa shape index (κ3) is 3.06. The minimum Gasteiger partial charge on any atom is -0.396 e. The summed E-state index contributed by atoms with van der Waals surface area (Å²) in [4.78, 5) is 12.6. The summed E-state index contributed by atoms with van der Waals surface area (Å²) < 4.78 is 1.71. The standard InChI is InChI=1S/C14H17N5OS/c1-8(2)12(20)13-11(16)10(4-15)14(21-13)17-5-9-6-18-19(3)7-9/h6-8,17H,5,16H2,1-3H3. The highest BCUT2D eigenvalue weighted by atomic mass is 32.1. The number of ketones is 1. The van der Waals surface area contributed by atoms with Crippen molar-refractivity contribution in [3.05, 3.63) is 28.4 Å². The number of thiophene rings is 1. The lowest BCUT2D eigenvalue weighted by Gasteiger charge is -2.01. The average Bonchev–Trinajstić information content (AvgIpc) is 2.99. The number of hydrogen-bond acceptors (Lipinski definition) is 6. The summed E-state index contributed by atoms with van der Waals surface area (Å²) in [5.74, 6) is -0.188. The molecular formula is C14H17N5OS. The lowest BCUT2D eigenvalue weighted by molar-refractivity contribution is 0.0944. The van der Waals surface area contributed by atoms with Gasteiger partial charge in [-0.3, -0.25) is 9.48 Å². The largest absolute Gasteiger partial charge is 0.396 e. The van der Waals surface area contributed by atoms with Gasteiger partial charge in [0.25, 0.3) is 0 Å². The van der Waals surface area contributed by atoms with Crippen LogP contribution in [0.15, 0.2) is 12.4 Å². The van der Waals surface area contributed by atoms with E-state index in [4.69, 9.17) is 5.73 Å². The second-order valence-electron chi connectivity index (χ2n) is 5.06. The van der Waals surface area contributed by atoms with Crippen molar-refractivity contribution in [1.82, 2.24) is 9.78 Å². The number of anilines is 2. The van der Waals surface area contributed by atoms with Crippen LogP contribution in [0.25, 0.3) is 0 Å². The fourth-order valence-corrected chi connectivity index (χ4v) is 3.02. The number of carbonyl (C=O) groups excluding carboxylic acids is 1. The molecule has 21 heavy (non-hydrogen) atoms. The fourth-order valence-electron chi connectivity index (χ4n) is 1.87. The molecule has 0 atom stereocenters. The zero-order valence-electron chi connectivity index (χ0n) is 12.2. The molecule has 0 aliphatic rings. The summed E-state index contributed by atoms with van der Waals surface area (Å²) in [7, 11) is 1.84. The number of carbonyl (C=O) groups is 1. The number of Topliss-reactive ketones (excluding diaryl/α,β-unsaturated/α-hetero) is 1. The fraction of sp³-hybridized carbons (Fsp3) is 0.357. The Morgan fingerprint density at radius 1 is 1.62 bits per heavy atom. The molecule has 2 heterocycles. The molecule has 0 saturated carbocycles. The van der Waals surface area contributed by atoms with Gasteiger partial charge in [-0.15, -0.1) is 11.3 Å². The highest BCUT2D eigenvalue weighted by Crippen LogP contribution is 2.36. The number of aryl methyl sites for hydroxylation is 1. The van der Waals surface area contributed by atoms with Crippen LogP contribution in [0.5, 0.6) is 0 Å². The topological polar surface area (TPSA) is 96.7 Å². The van der Waals surface area contributed by atoms with E-state index in [0.717, 1.165) is 5.56 Å². The minimum absolute atomic E-state index is 0.0385. The Kier molecular flexibility index (Phi) is 4.29. The molecule has 0 aromatic carbocycles. The van der Waals surface area contributed by atoms with Crippen molar-refractivity contribution in [3.8, 4) is 6.07 Å². The third-order valence-corrected chi connectivity index (χ3v) is 4.19. The molecule has 0 fully saturated rings. The van der Waals surface area contributed by atoms with Gasteiger partial charge in [0.15, 0.2) is 5.78 Å². The Morgan fingerprint density at radius 2 is 2.33 bits per heavy atom. The van der Waals surface area contributed by atoms with Gasteiger partial charge in [-0.05, 0) is 0 Å². The van der Waals surface area contributed by atoms with Crippen LogP contribution in [0.2, 0.25) is 0 Å². The van der Waals surface area contributed by atoms with Gasteiger partial charge in [0, 0.05) is 31.3 Å². The number of nitrogen functional groups attached to an aromatic ring is 1. The van der Waals surface area contributed by atoms with E-state index < -0.39 is 0 Å². The van der Waals surface area contributed by atoms with Gasteiger partial charge in [-0.25, -0.2) is 0 Å². The van der Waals surface area contributed by atoms with Crippen LogP contribution in [0.1, 0.15) is 34.6 Å². The molecule has 110 valence electrons. The summed E-state index contributed by atoms with van der Waals surface area (Å²) in [5.41, 5.74) is 7.54. The van der Waals surface area contributed by atoms with Gasteiger partial charge in [0.2, 0.25) is 0 Å². The van der Waals surface area contributed by atoms with Crippen LogP contribution in [-0.2, 0) is 13.6 Å². The van der Waals surface area contributed by atoms with E-state index in [1.54, 1.807) is 10.9 Å². The zero-order chi connectivity index (χ0) is 15.6. The molecule has 0 aliphatic carbocycles. The van der Waals surface area contributed by atoms with Gasteiger partial charge < -0.3 is 11.1 Å². The molecule has 0 bridgehead atoms. The summed E-state index contributed by atoms with van der Waals surface area (Å²) in [6, 6.07) is 2.07. The predicted molar refractivity (Wildman–Crippen MR) is 83.1 cm³/mol. The molecule has 6 nitrogen and oxygen atoms in total. The summed E-state index contributed by atoms with van der Waals surface area (Å²) in [6.07, 6.45) is 3.63. The SMILES string of the molecule is CC(C)C(=O)c1sc(NCc2cnn(C)c2)c(C#N)c1N. The van der Waals surface area contributed by atoms with E-state index in [9.17, 15) is 10.1 Å². The maximum Gasteiger partial charge on any atom is 0.177 e. The number of hydrogen-bond donors (Lipinski definition) is 2. The van der Waals surface area contributed by atoms with Crippen molar-refractivity contribution in [2.24, 2.45) is 13.0 Å². The Labute approximate surface area is 127 Å². The second kappa shape index (κ2) is 5.97. The number of rotatable bonds is 5. The van der Waals surface area contributed by atoms with Crippen LogP contribution in [0, 0.1) is 17.2 Å². The summed E-state index contributed by atoms with van der Waals surface area (Å²) >= 11 is 1.24. The first-order valence-electron chi connectivity index (χ1n) is 6.52. The molecule has 2 rings (SSSR count). The first-order valence-corrected chi connectivity index (χ1v) is 7.33. The monoisotopic (exact) mass is 303 g/mol. The van der Waals surface area contributed by atoms with E-state index in [1.165, 1.54) is 11.3 Å².